The van der Waals surface area contributed by atoms with Crippen LogP contribution in [0, 0.1) is 0 Å². The second-order valence-electron chi connectivity index (χ2n) is 9.50. The fourth-order valence-electron chi connectivity index (χ4n) is 5.46. The predicted octanol–water partition coefficient (Wildman–Crippen LogP) is 7.71. The molecule has 0 aliphatic rings. The van der Waals surface area contributed by atoms with Gasteiger partial charge in [0.25, 0.3) is 0 Å². The van der Waals surface area contributed by atoms with Crippen LogP contribution >= 0.6 is 0 Å². The van der Waals surface area contributed by atoms with Crippen molar-refractivity contribution in [2.75, 3.05) is 0 Å². The molecule has 0 atom stereocenters. The van der Waals surface area contributed by atoms with Crippen LogP contribution in [0.2, 0.25) is 0 Å². The number of rotatable bonds is 3. The zero-order valence-electron chi connectivity index (χ0n) is 20.4. The fourth-order valence-corrected chi connectivity index (χ4v) is 5.46. The Kier molecular flexibility index (Phi) is 4.45. The van der Waals surface area contributed by atoms with Crippen molar-refractivity contribution in [1.82, 2.24) is 24.1 Å². The number of nitrogens with zero attached hydrogens (tertiary/aromatic N) is 5. The molecule has 0 amide bonds. The summed E-state index contributed by atoms with van der Waals surface area (Å²) in [4.78, 5) is 9.42. The van der Waals surface area contributed by atoms with Gasteiger partial charge in [0.2, 0.25) is 0 Å². The van der Waals surface area contributed by atoms with Crippen molar-refractivity contribution in [3.05, 3.63) is 128 Å². The molecule has 0 fully saturated rings. The average Bonchev–Trinajstić information content (AvgIpc) is 3.55. The van der Waals surface area contributed by atoms with E-state index in [4.69, 9.17) is 9.97 Å². The molecule has 0 aliphatic carbocycles. The van der Waals surface area contributed by atoms with E-state index in [0.29, 0.717) is 5.82 Å². The molecular formula is C33H21N5. The predicted molar refractivity (Wildman–Crippen MR) is 153 cm³/mol. The third-order valence-corrected chi connectivity index (χ3v) is 7.31. The van der Waals surface area contributed by atoms with Gasteiger partial charge in [0.05, 0.1) is 22.7 Å². The standard InChI is InChI=1S/C33H21N5/c1-2-8-24-21-37-32(17-23(24)7-1)29(20-36-37)25-18-34-33(35-19-25)22-13-15-26(16-14-22)38-30-11-5-3-9-27(30)28-10-4-6-12-31(28)38/h1-21H. The van der Waals surface area contributed by atoms with Crippen molar-refractivity contribution >= 4 is 38.1 Å². The summed E-state index contributed by atoms with van der Waals surface area (Å²) in [6.07, 6.45) is 7.71. The van der Waals surface area contributed by atoms with Gasteiger partial charge in [0.15, 0.2) is 5.82 Å². The molecule has 0 aliphatic heterocycles. The fraction of sp³-hybridized carbons (Fsp3) is 0. The first-order valence-electron chi connectivity index (χ1n) is 12.6. The highest BCUT2D eigenvalue weighted by Crippen LogP contribution is 2.32. The van der Waals surface area contributed by atoms with Crippen LogP contribution in [0.1, 0.15) is 0 Å². The number of para-hydroxylation sites is 2. The Morgan fingerprint density at radius 2 is 1.16 bits per heavy atom. The molecular weight excluding hydrogens is 466 g/mol. The third-order valence-electron chi connectivity index (χ3n) is 7.31. The van der Waals surface area contributed by atoms with Gasteiger partial charge in [-0.15, -0.1) is 0 Å². The molecule has 38 heavy (non-hydrogen) atoms. The van der Waals surface area contributed by atoms with Crippen LogP contribution in [0.4, 0.5) is 0 Å². The van der Waals surface area contributed by atoms with Gasteiger partial charge in [-0.2, -0.15) is 5.10 Å². The van der Waals surface area contributed by atoms with E-state index >= 15 is 0 Å². The molecule has 0 N–H and O–H groups in total. The minimum absolute atomic E-state index is 0.699. The van der Waals surface area contributed by atoms with Gasteiger partial charge in [-0.25, -0.2) is 14.5 Å². The van der Waals surface area contributed by atoms with Crippen molar-refractivity contribution in [1.29, 1.82) is 0 Å². The lowest BCUT2D eigenvalue weighted by molar-refractivity contribution is 0.970. The van der Waals surface area contributed by atoms with E-state index in [1.54, 1.807) is 0 Å². The summed E-state index contributed by atoms with van der Waals surface area (Å²) >= 11 is 0. The van der Waals surface area contributed by atoms with Crippen LogP contribution in [-0.2, 0) is 0 Å². The molecule has 0 bridgehead atoms. The number of hydrogen-bond donors (Lipinski definition) is 0. The number of pyridine rings is 1. The molecule has 0 unspecified atom stereocenters. The van der Waals surface area contributed by atoms with Gasteiger partial charge in [-0.3, -0.25) is 0 Å². The zero-order chi connectivity index (χ0) is 25.1. The Morgan fingerprint density at radius 1 is 0.526 bits per heavy atom. The number of fused-ring (bicyclic) bond motifs is 5. The quantitative estimate of drug-likeness (QED) is 0.256. The Hall–Kier alpha value is -5.29. The first kappa shape index (κ1) is 20.9. The first-order chi connectivity index (χ1) is 18.8. The third kappa shape index (κ3) is 3.15. The lowest BCUT2D eigenvalue weighted by atomic mass is 10.1. The molecule has 0 saturated heterocycles. The second-order valence-corrected chi connectivity index (χ2v) is 9.50. The van der Waals surface area contributed by atoms with Crippen molar-refractivity contribution in [3.8, 4) is 28.2 Å². The van der Waals surface area contributed by atoms with E-state index in [9.17, 15) is 0 Å². The van der Waals surface area contributed by atoms with Gasteiger partial charge >= 0.3 is 0 Å². The number of benzene rings is 4. The summed E-state index contributed by atoms with van der Waals surface area (Å²) in [7, 11) is 0. The van der Waals surface area contributed by atoms with Crippen molar-refractivity contribution < 1.29 is 0 Å². The SMILES string of the molecule is c1ccc2cn3ncc(-c4cnc(-c5ccc(-n6c7ccccc7c7ccccc76)cc5)nc4)c3cc2c1. The first-order valence-corrected chi connectivity index (χ1v) is 12.6. The Labute approximate surface area is 218 Å². The number of hydrogen-bond acceptors (Lipinski definition) is 3. The van der Waals surface area contributed by atoms with E-state index in [1.807, 2.05) is 29.2 Å². The largest absolute Gasteiger partial charge is 0.309 e. The minimum Gasteiger partial charge on any atom is -0.309 e. The zero-order valence-corrected chi connectivity index (χ0v) is 20.4. The van der Waals surface area contributed by atoms with Crippen LogP contribution in [0.15, 0.2) is 128 Å². The van der Waals surface area contributed by atoms with Gasteiger partial charge < -0.3 is 4.57 Å². The molecule has 5 nitrogen and oxygen atoms in total. The molecule has 178 valence electrons. The second kappa shape index (κ2) is 8.11. The highest BCUT2D eigenvalue weighted by atomic mass is 15.2. The average molecular weight is 488 g/mol. The summed E-state index contributed by atoms with van der Waals surface area (Å²) in [5.41, 5.74) is 7.49. The van der Waals surface area contributed by atoms with E-state index in [-0.39, 0.29) is 0 Å². The molecule has 4 heterocycles. The van der Waals surface area contributed by atoms with Crippen molar-refractivity contribution in [2.24, 2.45) is 0 Å². The van der Waals surface area contributed by atoms with Gasteiger partial charge in [0, 0.05) is 57.1 Å². The van der Waals surface area contributed by atoms with Gasteiger partial charge in [-0.1, -0.05) is 60.7 Å². The Morgan fingerprint density at radius 3 is 1.87 bits per heavy atom. The van der Waals surface area contributed by atoms with Crippen LogP contribution in [0.3, 0.4) is 0 Å². The molecule has 4 aromatic carbocycles. The summed E-state index contributed by atoms with van der Waals surface area (Å²) in [6, 6.07) is 36.0. The van der Waals surface area contributed by atoms with E-state index < -0.39 is 0 Å². The highest BCUT2D eigenvalue weighted by Gasteiger charge is 2.13. The van der Waals surface area contributed by atoms with Crippen molar-refractivity contribution in [2.45, 2.75) is 0 Å². The lowest BCUT2D eigenvalue weighted by Crippen LogP contribution is -1.95. The lowest BCUT2D eigenvalue weighted by Gasteiger charge is -2.09. The molecule has 0 saturated carbocycles. The number of aromatic nitrogens is 5. The highest BCUT2D eigenvalue weighted by molar-refractivity contribution is 6.09. The molecule has 5 heteroatoms. The maximum Gasteiger partial charge on any atom is 0.159 e. The van der Waals surface area contributed by atoms with Crippen LogP contribution in [-0.4, -0.2) is 24.1 Å². The van der Waals surface area contributed by atoms with Crippen LogP contribution in [0.5, 0.6) is 0 Å². The van der Waals surface area contributed by atoms with E-state index in [0.717, 1.165) is 33.3 Å². The topological polar surface area (TPSA) is 48.0 Å². The summed E-state index contributed by atoms with van der Waals surface area (Å²) in [5, 5.41) is 9.42. The molecule has 8 aromatic rings. The Bertz CT molecular complexity index is 2060. The summed E-state index contributed by atoms with van der Waals surface area (Å²) in [6.45, 7) is 0. The van der Waals surface area contributed by atoms with Crippen LogP contribution < -0.4 is 0 Å². The molecule has 0 spiro atoms. The van der Waals surface area contributed by atoms with Crippen LogP contribution in [0.25, 0.3) is 66.3 Å². The van der Waals surface area contributed by atoms with E-state index in [1.165, 1.54) is 27.2 Å². The molecule has 4 aromatic heterocycles. The van der Waals surface area contributed by atoms with E-state index in [2.05, 4.69) is 113 Å². The summed E-state index contributed by atoms with van der Waals surface area (Å²) in [5.74, 6) is 0.699. The van der Waals surface area contributed by atoms with Crippen molar-refractivity contribution in [3.63, 3.8) is 0 Å². The van der Waals surface area contributed by atoms with Gasteiger partial charge in [-0.05, 0) is 47.9 Å². The minimum atomic E-state index is 0.699. The Balaban J connectivity index is 1.16. The smallest absolute Gasteiger partial charge is 0.159 e. The van der Waals surface area contributed by atoms with Gasteiger partial charge in [0.1, 0.15) is 0 Å². The normalized spacial score (nSPS) is 11.7. The summed E-state index contributed by atoms with van der Waals surface area (Å²) < 4.78 is 4.23. The maximum absolute atomic E-state index is 4.71. The monoisotopic (exact) mass is 487 g/mol. The molecule has 8 rings (SSSR count). The molecule has 0 radical (unpaired) electrons. The maximum atomic E-state index is 4.71.